The van der Waals surface area contributed by atoms with Gasteiger partial charge in [-0.15, -0.1) is 0 Å². The molecule has 0 amide bonds. The van der Waals surface area contributed by atoms with Crippen molar-refractivity contribution in [3.8, 4) is 5.88 Å². The number of ether oxygens (including phenoxy) is 1. The number of methoxy groups -OCH3 is 1. The Labute approximate surface area is 71.4 Å². The first kappa shape index (κ1) is 8.96. The fourth-order valence-electron chi connectivity index (χ4n) is 0.889. The van der Waals surface area contributed by atoms with Crippen LogP contribution < -0.4 is 4.74 Å². The average molecular weight is 168 g/mol. The quantitative estimate of drug-likeness (QED) is 0.681. The first-order valence-corrected chi connectivity index (χ1v) is 3.61. The van der Waals surface area contributed by atoms with E-state index >= 15 is 0 Å². The summed E-state index contributed by atoms with van der Waals surface area (Å²) in [4.78, 5) is 3.99. The third kappa shape index (κ3) is 2.48. The van der Waals surface area contributed by atoms with Gasteiger partial charge in [-0.05, 0) is 5.56 Å². The van der Waals surface area contributed by atoms with Crippen molar-refractivity contribution in [3.05, 3.63) is 23.9 Å². The monoisotopic (exact) mass is 168 g/mol. The highest BCUT2D eigenvalue weighted by Gasteiger charge is 1.97. The number of hydrogen-bond donors (Lipinski definition) is 1. The lowest BCUT2D eigenvalue weighted by Gasteiger charge is -2.07. The van der Waals surface area contributed by atoms with Crippen LogP contribution in [0.3, 0.4) is 0 Å². The van der Waals surface area contributed by atoms with E-state index in [1.165, 1.54) is 0 Å². The van der Waals surface area contributed by atoms with Gasteiger partial charge in [-0.3, -0.25) is 0 Å². The number of hydroxylamine groups is 2. The molecule has 0 atom stereocenters. The molecule has 0 spiro atoms. The summed E-state index contributed by atoms with van der Waals surface area (Å²) in [5, 5.41) is 10.0. The highest BCUT2D eigenvalue weighted by atomic mass is 16.5. The van der Waals surface area contributed by atoms with Crippen LogP contribution >= 0.6 is 0 Å². The molecular formula is C8H12N2O2. The molecule has 1 aromatic heterocycles. The topological polar surface area (TPSA) is 45.6 Å². The van der Waals surface area contributed by atoms with E-state index in [0.29, 0.717) is 12.4 Å². The Kier molecular flexibility index (Phi) is 3.01. The summed E-state index contributed by atoms with van der Waals surface area (Å²) in [5.74, 6) is 0.583. The van der Waals surface area contributed by atoms with Crippen molar-refractivity contribution in [2.24, 2.45) is 0 Å². The molecule has 1 N–H and O–H groups in total. The summed E-state index contributed by atoms with van der Waals surface area (Å²) in [6, 6.07) is 3.62. The minimum Gasteiger partial charge on any atom is -0.481 e. The van der Waals surface area contributed by atoms with Gasteiger partial charge in [-0.25, -0.2) is 4.98 Å². The molecule has 0 unspecified atom stereocenters. The smallest absolute Gasteiger partial charge is 0.212 e. The minimum atomic E-state index is 0.469. The van der Waals surface area contributed by atoms with Crippen molar-refractivity contribution in [2.45, 2.75) is 6.54 Å². The summed E-state index contributed by atoms with van der Waals surface area (Å²) in [7, 11) is 3.16. The lowest BCUT2D eigenvalue weighted by molar-refractivity contribution is -0.0732. The molecular weight excluding hydrogens is 156 g/mol. The first-order chi connectivity index (χ1) is 5.72. The highest BCUT2D eigenvalue weighted by Crippen LogP contribution is 2.07. The summed E-state index contributed by atoms with van der Waals surface area (Å²) in [6.45, 7) is 0.469. The van der Waals surface area contributed by atoms with E-state index in [4.69, 9.17) is 9.94 Å². The molecule has 0 aliphatic rings. The van der Waals surface area contributed by atoms with Crippen LogP contribution in [0.25, 0.3) is 0 Å². The Hall–Kier alpha value is -1.13. The second-order valence-electron chi connectivity index (χ2n) is 2.52. The van der Waals surface area contributed by atoms with Crippen molar-refractivity contribution in [2.75, 3.05) is 14.2 Å². The maximum atomic E-state index is 8.91. The standard InChI is InChI=1S/C8H12N2O2/c1-10(11)6-7-3-4-8(12-2)9-5-7/h3-5,11H,6H2,1-2H3. The Morgan fingerprint density at radius 3 is 2.75 bits per heavy atom. The zero-order valence-corrected chi connectivity index (χ0v) is 7.19. The van der Waals surface area contributed by atoms with Crippen LogP contribution in [0.5, 0.6) is 5.88 Å². The SMILES string of the molecule is COc1ccc(CN(C)O)cn1. The maximum absolute atomic E-state index is 8.91. The normalized spacial score (nSPS) is 10.3. The molecule has 1 heterocycles. The van der Waals surface area contributed by atoms with Gasteiger partial charge in [-0.2, -0.15) is 5.06 Å². The fraction of sp³-hybridized carbons (Fsp3) is 0.375. The van der Waals surface area contributed by atoms with E-state index in [2.05, 4.69) is 4.98 Å². The highest BCUT2D eigenvalue weighted by molar-refractivity contribution is 5.17. The van der Waals surface area contributed by atoms with Gasteiger partial charge in [0, 0.05) is 19.3 Å². The molecule has 0 aliphatic carbocycles. The minimum absolute atomic E-state index is 0.469. The van der Waals surface area contributed by atoms with Crippen molar-refractivity contribution in [1.29, 1.82) is 0 Å². The predicted octanol–water partition coefficient (Wildman–Crippen LogP) is 0.911. The fourth-order valence-corrected chi connectivity index (χ4v) is 0.889. The second-order valence-corrected chi connectivity index (χ2v) is 2.52. The van der Waals surface area contributed by atoms with Crippen LogP contribution in [-0.2, 0) is 6.54 Å². The Morgan fingerprint density at radius 2 is 2.33 bits per heavy atom. The molecule has 1 aromatic rings. The van der Waals surface area contributed by atoms with E-state index in [0.717, 1.165) is 10.6 Å². The summed E-state index contributed by atoms with van der Waals surface area (Å²) in [6.07, 6.45) is 1.67. The summed E-state index contributed by atoms with van der Waals surface area (Å²) >= 11 is 0. The molecule has 4 nitrogen and oxygen atoms in total. The van der Waals surface area contributed by atoms with Crippen LogP contribution in [0.2, 0.25) is 0 Å². The van der Waals surface area contributed by atoms with Gasteiger partial charge < -0.3 is 9.94 Å². The molecule has 1 rings (SSSR count). The van der Waals surface area contributed by atoms with E-state index in [1.807, 2.05) is 6.07 Å². The van der Waals surface area contributed by atoms with Gasteiger partial charge in [-0.1, -0.05) is 6.07 Å². The van der Waals surface area contributed by atoms with E-state index < -0.39 is 0 Å². The molecule has 0 bridgehead atoms. The van der Waals surface area contributed by atoms with Crippen molar-refractivity contribution in [1.82, 2.24) is 10.0 Å². The lowest BCUT2D eigenvalue weighted by atomic mass is 10.3. The largest absolute Gasteiger partial charge is 0.481 e. The molecule has 0 saturated heterocycles. The van der Waals surface area contributed by atoms with Crippen LogP contribution in [-0.4, -0.2) is 29.4 Å². The third-order valence-electron chi connectivity index (χ3n) is 1.42. The van der Waals surface area contributed by atoms with Gasteiger partial charge in [0.05, 0.1) is 13.7 Å². The third-order valence-corrected chi connectivity index (χ3v) is 1.42. The molecule has 0 fully saturated rings. The Balaban J connectivity index is 2.65. The number of aromatic nitrogens is 1. The first-order valence-electron chi connectivity index (χ1n) is 3.61. The van der Waals surface area contributed by atoms with E-state index in [1.54, 1.807) is 26.4 Å². The zero-order valence-electron chi connectivity index (χ0n) is 7.19. The van der Waals surface area contributed by atoms with Crippen molar-refractivity contribution in [3.63, 3.8) is 0 Å². The van der Waals surface area contributed by atoms with E-state index in [9.17, 15) is 0 Å². The van der Waals surface area contributed by atoms with Crippen molar-refractivity contribution < 1.29 is 9.94 Å². The molecule has 4 heteroatoms. The van der Waals surface area contributed by atoms with Gasteiger partial charge >= 0.3 is 0 Å². The van der Waals surface area contributed by atoms with Crippen LogP contribution in [0.1, 0.15) is 5.56 Å². The molecule has 0 radical (unpaired) electrons. The Morgan fingerprint density at radius 1 is 1.58 bits per heavy atom. The predicted molar refractivity (Wildman–Crippen MR) is 44.0 cm³/mol. The molecule has 66 valence electrons. The van der Waals surface area contributed by atoms with Gasteiger partial charge in [0.2, 0.25) is 5.88 Å². The number of pyridine rings is 1. The van der Waals surface area contributed by atoms with Gasteiger partial charge in [0.1, 0.15) is 0 Å². The van der Waals surface area contributed by atoms with Crippen LogP contribution in [0.4, 0.5) is 0 Å². The number of rotatable bonds is 3. The Bertz CT molecular complexity index is 233. The van der Waals surface area contributed by atoms with Crippen LogP contribution in [0.15, 0.2) is 18.3 Å². The van der Waals surface area contributed by atoms with Crippen LogP contribution in [0, 0.1) is 0 Å². The maximum Gasteiger partial charge on any atom is 0.212 e. The van der Waals surface area contributed by atoms with Crippen molar-refractivity contribution >= 4 is 0 Å². The molecule has 0 saturated carbocycles. The van der Waals surface area contributed by atoms with E-state index in [-0.39, 0.29) is 0 Å². The number of hydrogen-bond acceptors (Lipinski definition) is 4. The number of nitrogens with zero attached hydrogens (tertiary/aromatic N) is 2. The summed E-state index contributed by atoms with van der Waals surface area (Å²) < 4.78 is 4.89. The second kappa shape index (κ2) is 4.04. The van der Waals surface area contributed by atoms with Gasteiger partial charge in [0.15, 0.2) is 0 Å². The molecule has 0 aromatic carbocycles. The summed E-state index contributed by atoms with van der Waals surface area (Å²) in [5.41, 5.74) is 0.945. The lowest BCUT2D eigenvalue weighted by Crippen LogP contribution is -2.11. The van der Waals surface area contributed by atoms with Gasteiger partial charge in [0.25, 0.3) is 0 Å². The molecule has 12 heavy (non-hydrogen) atoms. The zero-order chi connectivity index (χ0) is 8.97. The average Bonchev–Trinajstić information content (AvgIpc) is 2.05. The molecule has 0 aliphatic heterocycles.